The first-order valence-electron chi connectivity index (χ1n) is 20.6. The van der Waals surface area contributed by atoms with Crippen LogP contribution in [0.1, 0.15) is 0 Å². The van der Waals surface area contributed by atoms with Crippen molar-refractivity contribution in [2.75, 3.05) is 4.90 Å². The van der Waals surface area contributed by atoms with Gasteiger partial charge in [0.25, 0.3) is 0 Å². The fourth-order valence-corrected chi connectivity index (χ4v) is 9.29. The Bertz CT molecular complexity index is 3590. The third-order valence-electron chi connectivity index (χ3n) is 12.2. The maximum absolute atomic E-state index is 6.62. The van der Waals surface area contributed by atoms with E-state index in [1.165, 1.54) is 76.5 Å². The van der Waals surface area contributed by atoms with Crippen LogP contribution in [0.5, 0.6) is 0 Å². The quantitative estimate of drug-likeness (QED) is 0.157. The third kappa shape index (κ3) is 5.65. The van der Waals surface area contributed by atoms with E-state index in [1.54, 1.807) is 0 Å². The van der Waals surface area contributed by atoms with E-state index in [2.05, 4.69) is 217 Å². The average Bonchev–Trinajstić information content (AvgIpc) is 3.71. The Morgan fingerprint density at radius 3 is 1.62 bits per heavy atom. The number of benzene rings is 11. The Morgan fingerprint density at radius 2 is 0.833 bits per heavy atom. The van der Waals surface area contributed by atoms with Gasteiger partial charge in [0, 0.05) is 22.1 Å². The second-order valence-corrected chi connectivity index (χ2v) is 15.7. The minimum atomic E-state index is 0.867. The van der Waals surface area contributed by atoms with Crippen molar-refractivity contribution in [3.05, 3.63) is 224 Å². The highest BCUT2D eigenvalue weighted by atomic mass is 16.3. The van der Waals surface area contributed by atoms with Gasteiger partial charge < -0.3 is 9.32 Å². The first-order valence-corrected chi connectivity index (χ1v) is 20.6. The third-order valence-corrected chi connectivity index (χ3v) is 12.2. The van der Waals surface area contributed by atoms with Gasteiger partial charge in [0.2, 0.25) is 0 Å². The van der Waals surface area contributed by atoms with Gasteiger partial charge in [-0.05, 0) is 131 Å². The molecule has 0 saturated heterocycles. The Morgan fingerprint density at radius 1 is 0.283 bits per heavy atom. The minimum absolute atomic E-state index is 0.867. The van der Waals surface area contributed by atoms with Gasteiger partial charge in [0.1, 0.15) is 5.58 Å². The SMILES string of the molecule is c1ccc2c(-c3ccc(N(c4ccc(-c5ccc6cc(-c7cc8ccccc8c8ccccc78)ccc6c5)cc4)c4cccc5c4oc4ccccc45)cc3)cccc2c1. The van der Waals surface area contributed by atoms with Crippen LogP contribution in [-0.4, -0.2) is 0 Å². The van der Waals surface area contributed by atoms with Crippen LogP contribution in [0.25, 0.3) is 98.4 Å². The van der Waals surface area contributed by atoms with E-state index in [0.717, 1.165) is 39.0 Å². The summed E-state index contributed by atoms with van der Waals surface area (Å²) in [5.41, 5.74) is 12.1. The summed E-state index contributed by atoms with van der Waals surface area (Å²) in [5.74, 6) is 0. The molecule has 12 aromatic rings. The first-order chi connectivity index (χ1) is 29.7. The molecule has 0 fully saturated rings. The minimum Gasteiger partial charge on any atom is -0.454 e. The number of furan rings is 1. The average molecular weight is 764 g/mol. The van der Waals surface area contributed by atoms with E-state index >= 15 is 0 Å². The van der Waals surface area contributed by atoms with Crippen LogP contribution in [0.3, 0.4) is 0 Å². The number of hydrogen-bond donors (Lipinski definition) is 0. The predicted molar refractivity (Wildman–Crippen MR) is 255 cm³/mol. The van der Waals surface area contributed by atoms with E-state index in [4.69, 9.17) is 4.42 Å². The number of rotatable bonds is 6. The second kappa shape index (κ2) is 13.9. The summed E-state index contributed by atoms with van der Waals surface area (Å²) in [4.78, 5) is 2.32. The Hall–Kier alpha value is -7.94. The van der Waals surface area contributed by atoms with Gasteiger partial charge in [-0.2, -0.15) is 0 Å². The van der Waals surface area contributed by atoms with Crippen LogP contribution in [0.2, 0.25) is 0 Å². The van der Waals surface area contributed by atoms with Gasteiger partial charge >= 0.3 is 0 Å². The number of hydrogen-bond acceptors (Lipinski definition) is 2. The maximum atomic E-state index is 6.62. The van der Waals surface area contributed by atoms with E-state index in [-0.39, 0.29) is 0 Å². The lowest BCUT2D eigenvalue weighted by molar-refractivity contribution is 0.669. The van der Waals surface area contributed by atoms with Crippen LogP contribution in [0.15, 0.2) is 229 Å². The molecule has 12 rings (SSSR count). The van der Waals surface area contributed by atoms with Gasteiger partial charge in [0.15, 0.2) is 5.58 Å². The smallest absolute Gasteiger partial charge is 0.159 e. The van der Waals surface area contributed by atoms with Crippen molar-refractivity contribution < 1.29 is 4.42 Å². The van der Waals surface area contributed by atoms with Crippen molar-refractivity contribution in [1.82, 2.24) is 0 Å². The molecule has 280 valence electrons. The van der Waals surface area contributed by atoms with Crippen molar-refractivity contribution >= 4 is 82.1 Å². The number of anilines is 3. The number of fused-ring (bicyclic) bond motifs is 8. The van der Waals surface area contributed by atoms with Crippen LogP contribution in [0, 0.1) is 0 Å². The summed E-state index contributed by atoms with van der Waals surface area (Å²) < 4.78 is 6.62. The Labute approximate surface area is 347 Å². The summed E-state index contributed by atoms with van der Waals surface area (Å²) >= 11 is 0. The van der Waals surface area contributed by atoms with Crippen molar-refractivity contribution in [1.29, 1.82) is 0 Å². The van der Waals surface area contributed by atoms with Crippen LogP contribution in [0.4, 0.5) is 17.1 Å². The number of para-hydroxylation sites is 2. The van der Waals surface area contributed by atoms with Crippen LogP contribution in [-0.2, 0) is 0 Å². The van der Waals surface area contributed by atoms with Crippen LogP contribution < -0.4 is 4.90 Å². The predicted octanol–water partition coefficient (Wildman–Crippen LogP) is 16.7. The first kappa shape index (κ1) is 34.1. The van der Waals surface area contributed by atoms with E-state index < -0.39 is 0 Å². The zero-order valence-corrected chi connectivity index (χ0v) is 32.7. The molecular weight excluding hydrogens is 727 g/mol. The Balaban J connectivity index is 0.926. The van der Waals surface area contributed by atoms with Gasteiger partial charge in [-0.3, -0.25) is 0 Å². The molecule has 0 unspecified atom stereocenters. The molecule has 0 amide bonds. The summed E-state index contributed by atoms with van der Waals surface area (Å²) in [6, 6.07) is 81.2. The highest BCUT2D eigenvalue weighted by Gasteiger charge is 2.20. The second-order valence-electron chi connectivity index (χ2n) is 15.7. The topological polar surface area (TPSA) is 16.4 Å². The zero-order chi connectivity index (χ0) is 39.6. The van der Waals surface area contributed by atoms with Gasteiger partial charge in [-0.15, -0.1) is 0 Å². The summed E-state index contributed by atoms with van der Waals surface area (Å²) in [6.07, 6.45) is 0. The molecule has 0 radical (unpaired) electrons. The lowest BCUT2D eigenvalue weighted by Gasteiger charge is -2.26. The lowest BCUT2D eigenvalue weighted by Crippen LogP contribution is -2.10. The van der Waals surface area contributed by atoms with Gasteiger partial charge in [0.05, 0.1) is 5.69 Å². The van der Waals surface area contributed by atoms with E-state index in [9.17, 15) is 0 Å². The van der Waals surface area contributed by atoms with Gasteiger partial charge in [-0.1, -0.05) is 170 Å². The molecule has 1 heterocycles. The normalized spacial score (nSPS) is 11.7. The lowest BCUT2D eigenvalue weighted by atomic mass is 9.92. The molecule has 1 aromatic heterocycles. The monoisotopic (exact) mass is 763 g/mol. The molecule has 0 saturated carbocycles. The largest absolute Gasteiger partial charge is 0.454 e. The maximum Gasteiger partial charge on any atom is 0.159 e. The standard InChI is InChI=1S/C58H37NO/c1-3-14-48-39(11-1)13-9-19-49(48)40-29-33-47(34-30-40)59(56-21-10-20-54-53-18-7-8-22-57(53)60-58(54)56)46-31-27-38(28-32-46)41-23-24-43-36-45(26-25-42(43)35-41)55-37-44-12-2-4-15-50(44)51-16-5-6-17-52(51)55/h1-37H. The van der Waals surface area contributed by atoms with E-state index in [1.807, 2.05) is 12.1 Å². The summed E-state index contributed by atoms with van der Waals surface area (Å²) in [5, 5.41) is 12.3. The molecule has 11 aromatic carbocycles. The molecule has 2 nitrogen and oxygen atoms in total. The summed E-state index contributed by atoms with van der Waals surface area (Å²) in [7, 11) is 0. The van der Waals surface area contributed by atoms with Crippen molar-refractivity contribution in [3.63, 3.8) is 0 Å². The molecule has 2 heteroatoms. The summed E-state index contributed by atoms with van der Waals surface area (Å²) in [6.45, 7) is 0. The number of nitrogens with zero attached hydrogens (tertiary/aromatic N) is 1. The molecule has 0 aliphatic heterocycles. The van der Waals surface area contributed by atoms with E-state index in [0.29, 0.717) is 0 Å². The molecule has 0 aliphatic rings. The highest BCUT2D eigenvalue weighted by molar-refractivity contribution is 6.14. The fourth-order valence-electron chi connectivity index (χ4n) is 9.29. The molecule has 0 N–H and O–H groups in total. The van der Waals surface area contributed by atoms with Crippen molar-refractivity contribution in [2.45, 2.75) is 0 Å². The van der Waals surface area contributed by atoms with Crippen molar-refractivity contribution in [2.24, 2.45) is 0 Å². The van der Waals surface area contributed by atoms with Crippen LogP contribution >= 0.6 is 0 Å². The molecule has 0 spiro atoms. The highest BCUT2D eigenvalue weighted by Crippen LogP contribution is 2.44. The molecular formula is C58H37NO. The zero-order valence-electron chi connectivity index (χ0n) is 32.7. The molecule has 60 heavy (non-hydrogen) atoms. The fraction of sp³-hybridized carbons (Fsp3) is 0. The Kier molecular flexibility index (Phi) is 7.89. The van der Waals surface area contributed by atoms with Crippen molar-refractivity contribution in [3.8, 4) is 33.4 Å². The molecule has 0 atom stereocenters. The van der Waals surface area contributed by atoms with Gasteiger partial charge in [-0.25, -0.2) is 0 Å². The molecule has 0 bridgehead atoms. The molecule has 0 aliphatic carbocycles.